The minimum absolute atomic E-state index is 0.0610. The zero-order chi connectivity index (χ0) is 18.1. The normalized spacial score (nSPS) is 24.2. The first-order valence-electron chi connectivity index (χ1n) is 9.09. The van der Waals surface area contributed by atoms with Crippen LogP contribution in [0.1, 0.15) is 41.5 Å². The fraction of sp³-hybridized carbons (Fsp3) is 0.474. The van der Waals surface area contributed by atoms with Crippen LogP contribution in [-0.2, 0) is 17.6 Å². The second-order valence-corrected chi connectivity index (χ2v) is 7.59. The van der Waals surface area contributed by atoms with Crippen molar-refractivity contribution < 1.29 is 9.53 Å². The molecular weight excluding hydrogens is 352 g/mol. The first-order chi connectivity index (χ1) is 12.6. The van der Waals surface area contributed by atoms with Crippen LogP contribution in [0, 0.1) is 0 Å². The summed E-state index contributed by atoms with van der Waals surface area (Å²) < 4.78 is 5.97. The Balaban J connectivity index is 1.40. The standard InChI is InChI=1S/C19H23ClN4O2/c1-2-3-15-16(20)17(24-23-15)18(25)22-13-6-4-12(5-7-13)8-19-9-14(10-26-19)21-11-19/h4-7,14,21H,2-3,8-11H2,1H3,(H,22,25)(H,23,24). The molecule has 3 N–H and O–H groups in total. The summed E-state index contributed by atoms with van der Waals surface area (Å²) in [5.74, 6) is -0.279. The molecule has 7 heteroatoms. The molecule has 2 aliphatic heterocycles. The lowest BCUT2D eigenvalue weighted by molar-refractivity contribution is -0.00521. The van der Waals surface area contributed by atoms with Crippen LogP contribution in [0.4, 0.5) is 5.69 Å². The van der Waals surface area contributed by atoms with Crippen LogP contribution >= 0.6 is 11.6 Å². The number of benzene rings is 1. The number of amides is 1. The average Bonchev–Trinajstić information content (AvgIpc) is 3.32. The van der Waals surface area contributed by atoms with E-state index in [0.29, 0.717) is 16.8 Å². The molecule has 0 aliphatic carbocycles. The number of ether oxygens (including phenoxy) is 1. The van der Waals surface area contributed by atoms with E-state index in [9.17, 15) is 4.79 Å². The maximum absolute atomic E-state index is 12.4. The summed E-state index contributed by atoms with van der Waals surface area (Å²) in [7, 11) is 0. The fourth-order valence-corrected chi connectivity index (χ4v) is 4.07. The van der Waals surface area contributed by atoms with Gasteiger partial charge in [-0.2, -0.15) is 5.10 Å². The summed E-state index contributed by atoms with van der Waals surface area (Å²) in [5, 5.41) is 13.6. The van der Waals surface area contributed by atoms with Crippen LogP contribution < -0.4 is 10.6 Å². The summed E-state index contributed by atoms with van der Waals surface area (Å²) in [5.41, 5.74) is 2.91. The predicted octanol–water partition coefficient (Wildman–Crippen LogP) is 2.94. The fourth-order valence-electron chi connectivity index (χ4n) is 3.80. The second-order valence-electron chi connectivity index (χ2n) is 7.21. The van der Waals surface area contributed by atoms with Crippen molar-refractivity contribution in [1.29, 1.82) is 0 Å². The summed E-state index contributed by atoms with van der Waals surface area (Å²) >= 11 is 6.25. The van der Waals surface area contributed by atoms with E-state index in [0.717, 1.165) is 50.2 Å². The number of fused-ring (bicyclic) bond motifs is 2. The first-order valence-corrected chi connectivity index (χ1v) is 9.47. The summed E-state index contributed by atoms with van der Waals surface area (Å²) in [4.78, 5) is 12.4. The van der Waals surface area contributed by atoms with Crippen molar-refractivity contribution >= 4 is 23.2 Å². The van der Waals surface area contributed by atoms with Gasteiger partial charge in [0.05, 0.1) is 22.9 Å². The lowest BCUT2D eigenvalue weighted by Crippen LogP contribution is -2.40. The number of carbonyl (C=O) groups excluding carboxylic acids is 1. The van der Waals surface area contributed by atoms with Crippen molar-refractivity contribution in [2.45, 2.75) is 44.2 Å². The minimum atomic E-state index is -0.279. The van der Waals surface area contributed by atoms with Crippen molar-refractivity contribution in [3.63, 3.8) is 0 Å². The molecule has 0 spiro atoms. The Labute approximate surface area is 157 Å². The van der Waals surface area contributed by atoms with Crippen LogP contribution in [0.15, 0.2) is 24.3 Å². The Morgan fingerprint density at radius 2 is 2.23 bits per heavy atom. The van der Waals surface area contributed by atoms with E-state index >= 15 is 0 Å². The zero-order valence-electron chi connectivity index (χ0n) is 14.8. The molecule has 2 atom stereocenters. The summed E-state index contributed by atoms with van der Waals surface area (Å²) in [6.45, 7) is 3.76. The number of hydrogen-bond donors (Lipinski definition) is 3. The van der Waals surface area contributed by atoms with Crippen molar-refractivity contribution in [3.05, 3.63) is 46.2 Å². The lowest BCUT2D eigenvalue weighted by atomic mass is 9.93. The number of anilines is 1. The largest absolute Gasteiger partial charge is 0.372 e. The van der Waals surface area contributed by atoms with Gasteiger partial charge in [0.15, 0.2) is 0 Å². The molecule has 6 nitrogen and oxygen atoms in total. The molecule has 4 rings (SSSR count). The van der Waals surface area contributed by atoms with Gasteiger partial charge in [0.2, 0.25) is 0 Å². The van der Waals surface area contributed by atoms with Gasteiger partial charge in [-0.05, 0) is 30.5 Å². The number of nitrogens with zero attached hydrogens (tertiary/aromatic N) is 1. The van der Waals surface area contributed by atoms with Crippen molar-refractivity contribution in [3.8, 4) is 0 Å². The number of hydrogen-bond acceptors (Lipinski definition) is 4. The number of aromatic nitrogens is 2. The van der Waals surface area contributed by atoms with Gasteiger partial charge < -0.3 is 15.4 Å². The Bertz CT molecular complexity index is 794. The molecule has 2 unspecified atom stereocenters. The van der Waals surface area contributed by atoms with E-state index in [-0.39, 0.29) is 11.5 Å². The highest BCUT2D eigenvalue weighted by Crippen LogP contribution is 2.34. The molecule has 2 aromatic rings. The molecule has 26 heavy (non-hydrogen) atoms. The second kappa shape index (κ2) is 7.02. The summed E-state index contributed by atoms with van der Waals surface area (Å²) in [6, 6.07) is 8.41. The molecule has 0 saturated carbocycles. The molecule has 1 aromatic carbocycles. The van der Waals surface area contributed by atoms with Gasteiger partial charge in [0.25, 0.3) is 5.91 Å². The van der Waals surface area contributed by atoms with Crippen molar-refractivity contribution in [2.24, 2.45) is 0 Å². The lowest BCUT2D eigenvalue weighted by Gasteiger charge is -2.26. The molecule has 138 valence electrons. The van der Waals surface area contributed by atoms with Gasteiger partial charge in [-0.15, -0.1) is 0 Å². The zero-order valence-corrected chi connectivity index (χ0v) is 15.5. The van der Waals surface area contributed by atoms with Gasteiger partial charge in [0, 0.05) is 24.7 Å². The van der Waals surface area contributed by atoms with Gasteiger partial charge >= 0.3 is 0 Å². The number of aromatic amines is 1. The number of H-pyrrole nitrogens is 1. The topological polar surface area (TPSA) is 79.0 Å². The average molecular weight is 375 g/mol. The number of halogens is 1. The smallest absolute Gasteiger partial charge is 0.275 e. The van der Waals surface area contributed by atoms with E-state index in [1.807, 2.05) is 31.2 Å². The monoisotopic (exact) mass is 374 g/mol. The molecule has 2 bridgehead atoms. The van der Waals surface area contributed by atoms with Gasteiger partial charge in [-0.1, -0.05) is 37.1 Å². The number of morpholine rings is 1. The summed E-state index contributed by atoms with van der Waals surface area (Å²) in [6.07, 6.45) is 3.63. The van der Waals surface area contributed by atoms with Crippen LogP contribution in [0.25, 0.3) is 0 Å². The number of rotatable bonds is 6. The Morgan fingerprint density at radius 1 is 1.42 bits per heavy atom. The minimum Gasteiger partial charge on any atom is -0.372 e. The number of nitrogens with one attached hydrogen (secondary N) is 3. The SMILES string of the molecule is CCCc1n[nH]c(C(=O)Nc2ccc(CC34CNC(CO3)C4)cc2)c1Cl. The number of aryl methyl sites for hydroxylation is 1. The van der Waals surface area contributed by atoms with Crippen LogP contribution in [0.2, 0.25) is 5.02 Å². The molecule has 1 aromatic heterocycles. The molecule has 2 fully saturated rings. The van der Waals surface area contributed by atoms with Gasteiger partial charge in [-0.3, -0.25) is 9.89 Å². The Kier molecular flexibility index (Phi) is 4.73. The van der Waals surface area contributed by atoms with E-state index in [2.05, 4.69) is 20.8 Å². The molecule has 2 saturated heterocycles. The highest BCUT2D eigenvalue weighted by Gasteiger charge is 2.45. The van der Waals surface area contributed by atoms with E-state index < -0.39 is 0 Å². The van der Waals surface area contributed by atoms with E-state index in [1.165, 1.54) is 5.56 Å². The van der Waals surface area contributed by atoms with Gasteiger partial charge in [-0.25, -0.2) is 0 Å². The van der Waals surface area contributed by atoms with E-state index in [4.69, 9.17) is 16.3 Å². The Hall–Kier alpha value is -1.89. The highest BCUT2D eigenvalue weighted by molar-refractivity contribution is 6.34. The maximum atomic E-state index is 12.4. The molecule has 3 heterocycles. The number of carbonyl (C=O) groups is 1. The van der Waals surface area contributed by atoms with Crippen LogP contribution in [-0.4, -0.2) is 40.9 Å². The third-order valence-corrected chi connectivity index (χ3v) is 5.56. The van der Waals surface area contributed by atoms with Crippen LogP contribution in [0.5, 0.6) is 0 Å². The molecular formula is C19H23ClN4O2. The molecule has 1 amide bonds. The van der Waals surface area contributed by atoms with Crippen LogP contribution in [0.3, 0.4) is 0 Å². The van der Waals surface area contributed by atoms with E-state index in [1.54, 1.807) is 0 Å². The third kappa shape index (κ3) is 3.37. The first kappa shape index (κ1) is 17.5. The molecule has 0 radical (unpaired) electrons. The third-order valence-electron chi connectivity index (χ3n) is 5.15. The highest BCUT2D eigenvalue weighted by atomic mass is 35.5. The van der Waals surface area contributed by atoms with Crippen molar-refractivity contribution in [1.82, 2.24) is 15.5 Å². The molecule has 2 aliphatic rings. The Morgan fingerprint density at radius 3 is 2.85 bits per heavy atom. The predicted molar refractivity (Wildman–Crippen MR) is 101 cm³/mol. The van der Waals surface area contributed by atoms with Crippen molar-refractivity contribution in [2.75, 3.05) is 18.5 Å². The van der Waals surface area contributed by atoms with Gasteiger partial charge in [0.1, 0.15) is 5.69 Å². The quantitative estimate of drug-likeness (QED) is 0.726. The maximum Gasteiger partial charge on any atom is 0.275 e.